The van der Waals surface area contributed by atoms with E-state index in [0.29, 0.717) is 24.0 Å². The SMILES string of the molecule is C\C=C(C)/N=C\C(=N\C(=C/C)C(=C\c1ccc(N2CCN[C@@H](C)C2)cc1C)\OC=O)C(C)CC. The van der Waals surface area contributed by atoms with Gasteiger partial charge in [-0.1, -0.05) is 32.1 Å². The second kappa shape index (κ2) is 13.7. The van der Waals surface area contributed by atoms with Crippen molar-refractivity contribution in [3.63, 3.8) is 0 Å². The van der Waals surface area contributed by atoms with E-state index in [9.17, 15) is 4.79 Å². The van der Waals surface area contributed by atoms with Gasteiger partial charge in [0.1, 0.15) is 5.70 Å². The number of piperazine rings is 1. The lowest BCUT2D eigenvalue weighted by Gasteiger charge is -2.34. The molecule has 0 amide bonds. The van der Waals surface area contributed by atoms with Gasteiger partial charge in [-0.3, -0.25) is 9.79 Å². The van der Waals surface area contributed by atoms with Gasteiger partial charge >= 0.3 is 0 Å². The molecule has 0 aliphatic carbocycles. The summed E-state index contributed by atoms with van der Waals surface area (Å²) in [6.07, 6.45) is 8.43. The van der Waals surface area contributed by atoms with Gasteiger partial charge in [0.2, 0.25) is 0 Å². The molecule has 1 heterocycles. The molecule has 1 aliphatic heterocycles. The van der Waals surface area contributed by atoms with E-state index in [-0.39, 0.29) is 5.92 Å². The summed E-state index contributed by atoms with van der Waals surface area (Å²) in [4.78, 5) is 23.1. The van der Waals surface area contributed by atoms with Crippen molar-refractivity contribution in [3.05, 3.63) is 58.6 Å². The fraction of sp³-hybridized carbons (Fsp3) is 0.464. The van der Waals surface area contributed by atoms with Crippen LogP contribution in [0.2, 0.25) is 0 Å². The normalized spacial score (nSPS) is 19.5. The van der Waals surface area contributed by atoms with Gasteiger partial charge < -0.3 is 15.0 Å². The van der Waals surface area contributed by atoms with Gasteiger partial charge in [0.15, 0.2) is 5.76 Å². The van der Waals surface area contributed by atoms with Gasteiger partial charge in [-0.05, 0) is 76.3 Å². The fourth-order valence-electron chi connectivity index (χ4n) is 3.67. The Morgan fingerprint density at radius 1 is 1.32 bits per heavy atom. The van der Waals surface area contributed by atoms with Crippen molar-refractivity contribution < 1.29 is 9.53 Å². The molecule has 0 saturated carbocycles. The molecule has 184 valence electrons. The number of nitrogens with zero attached hydrogens (tertiary/aromatic N) is 3. The standard InChI is InChI=1S/C28H40N4O2/c1-8-20(4)27(17-30-22(6)9-2)31-26(10-3)28(34-19-33)16-24-11-12-25(15-21(24)5)32-14-13-29-23(7)18-32/h9-12,15-17,19-20,23,29H,8,13-14,18H2,1-7H3/b22-9-,26-10-,28-16-,30-17-,31-27-/t20?,23-/m0/s1. The van der Waals surface area contributed by atoms with Crippen LogP contribution in [0.4, 0.5) is 5.69 Å². The van der Waals surface area contributed by atoms with Crippen molar-refractivity contribution in [2.45, 2.75) is 60.9 Å². The number of nitrogens with one attached hydrogen (secondary N) is 1. The molecule has 6 heteroatoms. The van der Waals surface area contributed by atoms with E-state index in [4.69, 9.17) is 9.73 Å². The Morgan fingerprint density at radius 3 is 2.68 bits per heavy atom. The van der Waals surface area contributed by atoms with Crippen molar-refractivity contribution in [2.24, 2.45) is 15.9 Å². The maximum absolute atomic E-state index is 11.3. The van der Waals surface area contributed by atoms with Crippen LogP contribution < -0.4 is 10.2 Å². The van der Waals surface area contributed by atoms with E-state index in [0.717, 1.165) is 48.6 Å². The summed E-state index contributed by atoms with van der Waals surface area (Å²) in [7, 11) is 0. The second-order valence-corrected chi connectivity index (χ2v) is 8.77. The minimum absolute atomic E-state index is 0.211. The van der Waals surface area contributed by atoms with E-state index in [1.807, 2.05) is 39.0 Å². The van der Waals surface area contributed by atoms with E-state index < -0.39 is 0 Å². The zero-order valence-electron chi connectivity index (χ0n) is 21.8. The minimum atomic E-state index is 0.211. The number of aryl methyl sites for hydroxylation is 1. The molecule has 2 rings (SSSR count). The van der Waals surface area contributed by atoms with E-state index in [1.54, 1.807) is 6.21 Å². The number of allylic oxidation sites excluding steroid dienone is 3. The van der Waals surface area contributed by atoms with Crippen molar-refractivity contribution in [3.8, 4) is 0 Å². The second-order valence-electron chi connectivity index (χ2n) is 8.77. The van der Waals surface area contributed by atoms with Gasteiger partial charge in [-0.2, -0.15) is 0 Å². The van der Waals surface area contributed by atoms with Crippen LogP contribution in [-0.2, 0) is 9.53 Å². The molecule has 0 bridgehead atoms. The van der Waals surface area contributed by atoms with Crippen LogP contribution in [0.25, 0.3) is 6.08 Å². The van der Waals surface area contributed by atoms with Crippen LogP contribution in [0, 0.1) is 12.8 Å². The zero-order chi connectivity index (χ0) is 25.1. The summed E-state index contributed by atoms with van der Waals surface area (Å²) < 4.78 is 5.41. The van der Waals surface area contributed by atoms with Gasteiger partial charge in [0.25, 0.3) is 6.47 Å². The molecule has 6 nitrogen and oxygen atoms in total. The largest absolute Gasteiger partial charge is 0.426 e. The van der Waals surface area contributed by atoms with Crippen LogP contribution in [0.3, 0.4) is 0 Å². The maximum Gasteiger partial charge on any atom is 0.298 e. The molecule has 2 atom stereocenters. The zero-order valence-corrected chi connectivity index (χ0v) is 21.8. The molecule has 34 heavy (non-hydrogen) atoms. The smallest absolute Gasteiger partial charge is 0.298 e. The van der Waals surface area contributed by atoms with Crippen molar-refractivity contribution in [1.29, 1.82) is 0 Å². The van der Waals surface area contributed by atoms with Crippen molar-refractivity contribution in [2.75, 3.05) is 24.5 Å². The van der Waals surface area contributed by atoms with Crippen LogP contribution in [0.1, 0.15) is 59.1 Å². The summed E-state index contributed by atoms with van der Waals surface area (Å²) in [5, 5.41) is 3.48. The molecule has 1 N–H and O–H groups in total. The number of benzene rings is 1. The quantitative estimate of drug-likeness (QED) is 0.209. The average molecular weight is 465 g/mol. The predicted molar refractivity (Wildman–Crippen MR) is 145 cm³/mol. The van der Waals surface area contributed by atoms with Crippen LogP contribution in [0.5, 0.6) is 0 Å². The Kier molecular flexibility index (Phi) is 10.9. The maximum atomic E-state index is 11.3. The first-order chi connectivity index (χ1) is 16.3. The minimum Gasteiger partial charge on any atom is -0.426 e. The summed E-state index contributed by atoms with van der Waals surface area (Å²) in [5.74, 6) is 0.629. The highest BCUT2D eigenvalue weighted by molar-refractivity contribution is 6.32. The molecule has 0 spiro atoms. The Labute approximate surface area is 205 Å². The molecular weight excluding hydrogens is 424 g/mol. The molecule has 1 saturated heterocycles. The molecule has 0 radical (unpaired) electrons. The number of carbonyl (C=O) groups is 1. The number of aliphatic imine (C=N–C) groups is 2. The Bertz CT molecular complexity index is 988. The highest BCUT2D eigenvalue weighted by Crippen LogP contribution is 2.25. The predicted octanol–water partition coefficient (Wildman–Crippen LogP) is 5.69. The van der Waals surface area contributed by atoms with Crippen molar-refractivity contribution >= 4 is 30.2 Å². The summed E-state index contributed by atoms with van der Waals surface area (Å²) in [6, 6.07) is 6.87. The first-order valence-corrected chi connectivity index (χ1v) is 12.2. The average Bonchev–Trinajstić information content (AvgIpc) is 2.84. The Balaban J connectivity index is 2.42. The Morgan fingerprint density at radius 2 is 2.09 bits per heavy atom. The van der Waals surface area contributed by atoms with Gasteiger partial charge in [0.05, 0.1) is 5.71 Å². The first-order valence-electron chi connectivity index (χ1n) is 12.2. The molecule has 1 aromatic carbocycles. The number of carbonyl (C=O) groups excluding carboxylic acids is 1. The summed E-state index contributed by atoms with van der Waals surface area (Å²) in [5.41, 5.74) is 5.68. The van der Waals surface area contributed by atoms with E-state index in [1.165, 1.54) is 5.69 Å². The van der Waals surface area contributed by atoms with Gasteiger partial charge in [-0.15, -0.1) is 0 Å². The molecule has 1 fully saturated rings. The highest BCUT2D eigenvalue weighted by Gasteiger charge is 2.17. The topological polar surface area (TPSA) is 66.3 Å². The number of anilines is 1. The summed E-state index contributed by atoms with van der Waals surface area (Å²) >= 11 is 0. The molecule has 1 aromatic rings. The lowest BCUT2D eigenvalue weighted by Crippen LogP contribution is -2.49. The molecule has 1 aliphatic rings. The van der Waals surface area contributed by atoms with Crippen molar-refractivity contribution in [1.82, 2.24) is 5.32 Å². The fourth-order valence-corrected chi connectivity index (χ4v) is 3.67. The molecule has 0 aromatic heterocycles. The van der Waals surface area contributed by atoms with Crippen LogP contribution >= 0.6 is 0 Å². The number of hydrogen-bond donors (Lipinski definition) is 1. The number of hydrogen-bond acceptors (Lipinski definition) is 6. The lowest BCUT2D eigenvalue weighted by molar-refractivity contribution is -0.124. The van der Waals surface area contributed by atoms with E-state index >= 15 is 0 Å². The monoisotopic (exact) mass is 464 g/mol. The third-order valence-electron chi connectivity index (χ3n) is 6.16. The third-order valence-corrected chi connectivity index (χ3v) is 6.16. The first kappa shape index (κ1) is 27.3. The number of rotatable bonds is 10. The van der Waals surface area contributed by atoms with Crippen LogP contribution in [-0.4, -0.2) is 44.1 Å². The molecule has 1 unspecified atom stereocenters. The highest BCUT2D eigenvalue weighted by atomic mass is 16.5. The molecular formula is C28H40N4O2. The van der Waals surface area contributed by atoms with Gasteiger partial charge in [-0.25, -0.2) is 4.99 Å². The summed E-state index contributed by atoms with van der Waals surface area (Å²) in [6.45, 7) is 17.7. The Hall–Kier alpha value is -2.99. The van der Waals surface area contributed by atoms with Gasteiger partial charge in [0, 0.05) is 43.3 Å². The van der Waals surface area contributed by atoms with Crippen LogP contribution in [0.15, 0.2) is 57.5 Å². The lowest BCUT2D eigenvalue weighted by atomic mass is 10.0. The van der Waals surface area contributed by atoms with E-state index in [2.05, 4.69) is 61.1 Å². The third kappa shape index (κ3) is 7.80. The number of ether oxygens (including phenoxy) is 1.